The number of rotatable bonds is 5. The molecule has 1 aromatic heterocycles. The van der Waals surface area contributed by atoms with Gasteiger partial charge in [-0.25, -0.2) is 0 Å². The van der Waals surface area contributed by atoms with Crippen molar-refractivity contribution >= 4 is 11.9 Å². The maximum atomic E-state index is 12.4. The fourth-order valence-electron chi connectivity index (χ4n) is 2.16. The van der Waals surface area contributed by atoms with Crippen LogP contribution in [-0.4, -0.2) is 18.2 Å². The molecule has 0 aliphatic heterocycles. The largest absolute Gasteiger partial charge is 0.539 e. The summed E-state index contributed by atoms with van der Waals surface area (Å²) in [5.41, 5.74) is 1.23. The summed E-state index contributed by atoms with van der Waals surface area (Å²) in [4.78, 5) is 12.4. The van der Waals surface area contributed by atoms with Crippen LogP contribution in [0.25, 0.3) is 11.8 Å². The van der Waals surface area contributed by atoms with Crippen LogP contribution >= 0.6 is 0 Å². The van der Waals surface area contributed by atoms with Crippen molar-refractivity contribution in [1.82, 2.24) is 5.27 Å². The third-order valence-electron chi connectivity index (χ3n) is 3.39. The third kappa shape index (κ3) is 3.17. The van der Waals surface area contributed by atoms with Gasteiger partial charge in [-0.2, -0.15) is 0 Å². The first kappa shape index (κ1) is 15.5. The molecule has 3 aromatic rings. The molecule has 0 saturated carbocycles. The Morgan fingerprint density at radius 1 is 1.17 bits per heavy atom. The van der Waals surface area contributed by atoms with E-state index >= 15 is 0 Å². The third-order valence-corrected chi connectivity index (χ3v) is 3.39. The summed E-state index contributed by atoms with van der Waals surface area (Å²) in [5.74, 6) is -0.537. The lowest BCUT2D eigenvalue weighted by Gasteiger charge is -1.98. The van der Waals surface area contributed by atoms with Gasteiger partial charge in [0.05, 0.1) is 12.4 Å². The predicted octanol–water partition coefficient (Wildman–Crippen LogP) is 1.93. The topological polar surface area (TPSA) is 79.3 Å². The molecule has 0 aliphatic carbocycles. The van der Waals surface area contributed by atoms with Crippen molar-refractivity contribution in [3.8, 4) is 17.4 Å². The van der Waals surface area contributed by atoms with Crippen LogP contribution in [0.3, 0.4) is 0 Å². The molecule has 0 aliphatic rings. The van der Waals surface area contributed by atoms with E-state index in [1.165, 1.54) is 10.8 Å². The first-order valence-electron chi connectivity index (χ1n) is 7.20. The number of aromatic nitrogens is 2. The Balaban J connectivity index is 1.87. The minimum atomic E-state index is -0.775. The van der Waals surface area contributed by atoms with Crippen LogP contribution in [0.15, 0.2) is 65.2 Å². The summed E-state index contributed by atoms with van der Waals surface area (Å²) in [6.07, 6.45) is 2.93. The lowest BCUT2D eigenvalue weighted by atomic mass is 10.1. The Morgan fingerprint density at radius 3 is 2.54 bits per heavy atom. The van der Waals surface area contributed by atoms with Gasteiger partial charge in [0, 0.05) is 12.1 Å². The molecule has 6 heteroatoms. The van der Waals surface area contributed by atoms with Gasteiger partial charge in [0.15, 0.2) is 5.95 Å². The first-order chi connectivity index (χ1) is 11.7. The summed E-state index contributed by atoms with van der Waals surface area (Å²) >= 11 is 0. The second kappa shape index (κ2) is 6.78. The van der Waals surface area contributed by atoms with E-state index in [4.69, 9.17) is 4.74 Å². The smallest absolute Gasteiger partial charge is 0.310 e. The summed E-state index contributed by atoms with van der Waals surface area (Å²) in [5, 5.41) is 15.5. The van der Waals surface area contributed by atoms with Gasteiger partial charge in [-0.1, -0.05) is 36.4 Å². The highest BCUT2D eigenvalue weighted by Crippen LogP contribution is 2.15. The minimum absolute atomic E-state index is 0.147. The van der Waals surface area contributed by atoms with E-state index in [0.29, 0.717) is 5.69 Å². The highest BCUT2D eigenvalue weighted by molar-refractivity contribution is 6.05. The number of ether oxygens (including phenoxy) is 1. The number of para-hydroxylation sites is 1. The summed E-state index contributed by atoms with van der Waals surface area (Å²) in [6.45, 7) is 0. The maximum absolute atomic E-state index is 12.4. The van der Waals surface area contributed by atoms with Crippen LogP contribution in [0.2, 0.25) is 0 Å². The number of ketones is 1. The molecule has 0 atom stereocenters. The van der Waals surface area contributed by atoms with Gasteiger partial charge in [-0.15, -0.1) is 0 Å². The van der Waals surface area contributed by atoms with Crippen molar-refractivity contribution in [3.63, 3.8) is 0 Å². The van der Waals surface area contributed by atoms with Gasteiger partial charge in [-0.3, -0.25) is 4.79 Å². The number of nitrogens with zero attached hydrogens (tertiary/aromatic N) is 2. The minimum Gasteiger partial charge on any atom is -0.539 e. The Bertz CT molecular complexity index is 868. The molecule has 0 fully saturated rings. The van der Waals surface area contributed by atoms with E-state index < -0.39 is 11.7 Å². The second-order valence-corrected chi connectivity index (χ2v) is 4.93. The zero-order valence-corrected chi connectivity index (χ0v) is 12.9. The Hall–Kier alpha value is -3.41. The molecule has 24 heavy (non-hydrogen) atoms. The molecule has 0 unspecified atom stereocenters. The molecule has 6 nitrogen and oxygen atoms in total. The fourth-order valence-corrected chi connectivity index (χ4v) is 2.16. The van der Waals surface area contributed by atoms with Crippen molar-refractivity contribution in [2.24, 2.45) is 0 Å². The Labute approximate surface area is 138 Å². The Morgan fingerprint density at radius 2 is 1.88 bits per heavy atom. The normalized spacial score (nSPS) is 10.9. The van der Waals surface area contributed by atoms with Gasteiger partial charge in [0.1, 0.15) is 5.75 Å². The van der Waals surface area contributed by atoms with E-state index in [0.717, 1.165) is 11.3 Å². The van der Waals surface area contributed by atoms with Crippen LogP contribution in [-0.2, 0) is 0 Å². The summed E-state index contributed by atoms with van der Waals surface area (Å²) in [6, 6.07) is 16.0. The molecule has 0 amide bonds. The number of carbonyl (C=O) groups excluding carboxylic acids is 1. The van der Waals surface area contributed by atoms with E-state index in [1.54, 1.807) is 61.7 Å². The number of benzene rings is 2. The van der Waals surface area contributed by atoms with Gasteiger partial charge in [0.25, 0.3) is 5.78 Å². The molecule has 0 N–H and O–H groups in total. The zero-order chi connectivity index (χ0) is 16.9. The van der Waals surface area contributed by atoms with Crippen LogP contribution in [0.4, 0.5) is 0 Å². The monoisotopic (exact) mass is 322 g/mol. The van der Waals surface area contributed by atoms with Crippen LogP contribution in [0.5, 0.6) is 11.7 Å². The van der Waals surface area contributed by atoms with Gasteiger partial charge in [-0.05, 0) is 28.5 Å². The Kier molecular flexibility index (Phi) is 4.38. The zero-order valence-electron chi connectivity index (χ0n) is 12.9. The van der Waals surface area contributed by atoms with Crippen LogP contribution < -0.4 is 14.5 Å². The fraction of sp³-hybridized carbons (Fsp3) is 0.0556. The molecular formula is C18H14N2O4. The quantitative estimate of drug-likeness (QED) is 0.407. The maximum Gasteiger partial charge on any atom is 0.310 e. The molecule has 1 heterocycles. The molecule has 0 saturated heterocycles. The summed E-state index contributed by atoms with van der Waals surface area (Å²) < 4.78 is 10.9. The number of allylic oxidation sites excluding steroid dienone is 1. The molecule has 2 aromatic carbocycles. The molecule has 3 rings (SSSR count). The standard InChI is InChI=1S/C18H14N2O4/c1-23-15-10-7-13(8-11-15)9-12-16(21)17-18(22)24-19-20(17)14-5-3-2-4-6-14/h2-12H,1H3/b12-9+. The van der Waals surface area contributed by atoms with E-state index in [1.807, 2.05) is 6.07 Å². The van der Waals surface area contributed by atoms with Crippen LogP contribution in [0, 0.1) is 0 Å². The molecule has 0 radical (unpaired) electrons. The van der Waals surface area contributed by atoms with Crippen molar-refractivity contribution in [1.29, 1.82) is 0 Å². The average molecular weight is 322 g/mol. The van der Waals surface area contributed by atoms with Crippen LogP contribution in [0.1, 0.15) is 16.1 Å². The van der Waals surface area contributed by atoms with Gasteiger partial charge >= 0.3 is 5.69 Å². The van der Waals surface area contributed by atoms with Crippen molar-refractivity contribution in [3.05, 3.63) is 71.9 Å². The average Bonchev–Trinajstić information content (AvgIpc) is 3.02. The lowest BCUT2D eigenvalue weighted by molar-refractivity contribution is -0.672. The molecular weight excluding hydrogens is 308 g/mol. The van der Waals surface area contributed by atoms with Crippen molar-refractivity contribution in [2.45, 2.75) is 0 Å². The van der Waals surface area contributed by atoms with Gasteiger partial charge < -0.3 is 14.4 Å². The van der Waals surface area contributed by atoms with E-state index in [2.05, 4.69) is 9.79 Å². The van der Waals surface area contributed by atoms with Crippen molar-refractivity contribution < 1.29 is 23.8 Å². The SMILES string of the molecule is COc1ccc(/C=C/C(=O)c2c([O-])on[n+]2-c2ccccc2)cc1. The highest BCUT2D eigenvalue weighted by atomic mass is 16.6. The summed E-state index contributed by atoms with van der Waals surface area (Å²) in [7, 11) is 1.58. The second-order valence-electron chi connectivity index (χ2n) is 4.93. The van der Waals surface area contributed by atoms with E-state index in [9.17, 15) is 9.90 Å². The van der Waals surface area contributed by atoms with Gasteiger partial charge in [0.2, 0.25) is 5.69 Å². The highest BCUT2D eigenvalue weighted by Gasteiger charge is 2.25. The lowest BCUT2D eigenvalue weighted by Crippen LogP contribution is -2.38. The number of carbonyl (C=O) groups is 1. The van der Waals surface area contributed by atoms with E-state index in [-0.39, 0.29) is 5.69 Å². The number of hydrogen-bond donors (Lipinski definition) is 0. The number of methoxy groups -OCH3 is 1. The van der Waals surface area contributed by atoms with Crippen molar-refractivity contribution in [2.75, 3.05) is 7.11 Å². The predicted molar refractivity (Wildman–Crippen MR) is 83.8 cm³/mol. The molecule has 0 spiro atoms. The molecule has 120 valence electrons. The number of hydrogen-bond acceptors (Lipinski definition) is 5. The molecule has 0 bridgehead atoms. The first-order valence-corrected chi connectivity index (χ1v) is 7.20.